The van der Waals surface area contributed by atoms with E-state index in [2.05, 4.69) is 5.92 Å². The van der Waals surface area contributed by atoms with Gasteiger partial charge in [-0.15, -0.1) is 6.42 Å². The van der Waals surface area contributed by atoms with E-state index in [0.717, 1.165) is 12.2 Å². The van der Waals surface area contributed by atoms with Crippen LogP contribution in [-0.2, 0) is 11.8 Å². The first-order valence-corrected chi connectivity index (χ1v) is 7.54. The molecule has 2 nitrogen and oxygen atoms in total. The lowest BCUT2D eigenvalue weighted by atomic mass is 10.2. The summed E-state index contributed by atoms with van der Waals surface area (Å²) in [5.74, 6) is 3.50. The van der Waals surface area contributed by atoms with Gasteiger partial charge in [0.25, 0.3) is 0 Å². The summed E-state index contributed by atoms with van der Waals surface area (Å²) in [6, 6.07) is 0.0343. The molecule has 0 aromatic heterocycles. The summed E-state index contributed by atoms with van der Waals surface area (Å²) in [6.07, 6.45) is 6.20. The van der Waals surface area contributed by atoms with E-state index in [-0.39, 0.29) is 6.04 Å². The van der Waals surface area contributed by atoms with Crippen LogP contribution in [0.4, 0.5) is 0 Å². The quantitative estimate of drug-likeness (QED) is 0.477. The first kappa shape index (κ1) is 9.57. The van der Waals surface area contributed by atoms with Crippen molar-refractivity contribution < 1.29 is 4.89 Å². The van der Waals surface area contributed by atoms with Gasteiger partial charge in [0.05, 0.1) is 6.04 Å². The van der Waals surface area contributed by atoms with Crippen molar-refractivity contribution >= 4 is 28.8 Å². The van der Waals surface area contributed by atoms with E-state index < -0.39 is 5.62 Å². The molecule has 11 heavy (non-hydrogen) atoms. The second kappa shape index (κ2) is 3.47. The molecule has 0 radical (unpaired) electrons. The summed E-state index contributed by atoms with van der Waals surface area (Å²) >= 11 is 6.48. The van der Waals surface area contributed by atoms with Crippen LogP contribution in [0.3, 0.4) is 0 Å². The van der Waals surface area contributed by atoms with Crippen molar-refractivity contribution in [1.82, 2.24) is 4.67 Å². The number of hydrogen-bond donors (Lipinski definition) is 1. The Morgan fingerprint density at radius 2 is 2.55 bits per heavy atom. The Labute approximate surface area is 76.2 Å². The molecule has 1 heterocycles. The highest BCUT2D eigenvalue weighted by molar-refractivity contribution is 8.68. The van der Waals surface area contributed by atoms with Gasteiger partial charge < -0.3 is 4.89 Å². The van der Waals surface area contributed by atoms with E-state index in [1.807, 2.05) is 0 Å². The number of nitrogens with zero attached hydrogens (tertiary/aromatic N) is 1. The Kier molecular flexibility index (Phi) is 3.02. The molecule has 1 rings (SSSR count). The van der Waals surface area contributed by atoms with Gasteiger partial charge in [0, 0.05) is 5.75 Å². The molecule has 1 N–H and O–H groups in total. The molecular weight excluding hydrogens is 197 g/mol. The van der Waals surface area contributed by atoms with Crippen molar-refractivity contribution in [3.63, 3.8) is 0 Å². The zero-order valence-corrected chi connectivity index (χ0v) is 8.75. The molecule has 0 amide bonds. The van der Waals surface area contributed by atoms with Crippen molar-refractivity contribution in [3.8, 4) is 12.3 Å². The third-order valence-electron chi connectivity index (χ3n) is 1.69. The molecular formula is C6H10NOPS2. The first-order chi connectivity index (χ1) is 5.08. The maximum Gasteiger partial charge on any atom is 0.186 e. The standard InChI is InChI=1S/C6H10NOPS2/c1-3-6-4-5-11-9(8,10)7(6)2/h1,6H,4-5H2,2H3,(H,8,10). The highest BCUT2D eigenvalue weighted by Gasteiger charge is 2.30. The van der Waals surface area contributed by atoms with E-state index in [9.17, 15) is 4.89 Å². The monoisotopic (exact) mass is 207 g/mol. The van der Waals surface area contributed by atoms with E-state index in [1.165, 1.54) is 11.4 Å². The predicted octanol–water partition coefficient (Wildman–Crippen LogP) is 1.27. The molecule has 0 aromatic carbocycles. The van der Waals surface area contributed by atoms with Gasteiger partial charge in [0.15, 0.2) is 5.62 Å². The van der Waals surface area contributed by atoms with Crippen LogP contribution in [0.15, 0.2) is 0 Å². The third-order valence-corrected chi connectivity index (χ3v) is 7.57. The minimum Gasteiger partial charge on any atom is -0.346 e. The van der Waals surface area contributed by atoms with Crippen molar-refractivity contribution in [2.45, 2.75) is 12.5 Å². The molecule has 1 aliphatic rings. The Balaban J connectivity index is 2.78. The zero-order chi connectivity index (χ0) is 8.48. The van der Waals surface area contributed by atoms with Crippen molar-refractivity contribution in [3.05, 3.63) is 0 Å². The third kappa shape index (κ3) is 1.99. The number of rotatable bonds is 0. The SMILES string of the molecule is C#CC1CCSP(O)(=S)N1C. The molecule has 62 valence electrons. The predicted molar refractivity (Wildman–Crippen MR) is 54.0 cm³/mol. The van der Waals surface area contributed by atoms with Gasteiger partial charge >= 0.3 is 0 Å². The van der Waals surface area contributed by atoms with Gasteiger partial charge in [-0.05, 0) is 25.3 Å². The van der Waals surface area contributed by atoms with E-state index >= 15 is 0 Å². The fourth-order valence-corrected chi connectivity index (χ4v) is 5.14. The average molecular weight is 207 g/mol. The zero-order valence-electron chi connectivity index (χ0n) is 6.23. The Morgan fingerprint density at radius 1 is 1.91 bits per heavy atom. The molecule has 0 saturated carbocycles. The fraction of sp³-hybridized carbons (Fsp3) is 0.667. The molecule has 2 atom stereocenters. The Morgan fingerprint density at radius 3 is 3.00 bits per heavy atom. The average Bonchev–Trinajstić information content (AvgIpc) is 1.95. The lowest BCUT2D eigenvalue weighted by molar-refractivity contribution is 0.420. The molecule has 0 bridgehead atoms. The molecule has 1 saturated heterocycles. The van der Waals surface area contributed by atoms with E-state index in [1.54, 1.807) is 11.7 Å². The van der Waals surface area contributed by atoms with Crippen LogP contribution < -0.4 is 0 Å². The topological polar surface area (TPSA) is 23.5 Å². The molecule has 1 fully saturated rings. The van der Waals surface area contributed by atoms with Gasteiger partial charge in [-0.3, -0.25) is 0 Å². The molecule has 2 unspecified atom stereocenters. The maximum absolute atomic E-state index is 9.66. The largest absolute Gasteiger partial charge is 0.346 e. The van der Waals surface area contributed by atoms with Crippen LogP contribution in [-0.4, -0.2) is 28.4 Å². The van der Waals surface area contributed by atoms with Gasteiger partial charge in [0.1, 0.15) is 0 Å². The van der Waals surface area contributed by atoms with Crippen LogP contribution in [0.1, 0.15) is 6.42 Å². The first-order valence-electron chi connectivity index (χ1n) is 3.24. The summed E-state index contributed by atoms with van der Waals surface area (Å²) in [7, 11) is 1.80. The second-order valence-electron chi connectivity index (χ2n) is 2.37. The molecule has 0 aromatic rings. The van der Waals surface area contributed by atoms with Crippen LogP contribution in [0.2, 0.25) is 0 Å². The number of hydrogen-bond acceptors (Lipinski definition) is 2. The summed E-state index contributed by atoms with van der Waals surface area (Å²) in [5.41, 5.74) is -2.31. The smallest absolute Gasteiger partial charge is 0.186 e. The van der Waals surface area contributed by atoms with E-state index in [4.69, 9.17) is 18.2 Å². The normalized spacial score (nSPS) is 39.9. The van der Waals surface area contributed by atoms with Gasteiger partial charge in [-0.2, -0.15) is 0 Å². The Bertz CT molecular complexity index is 237. The van der Waals surface area contributed by atoms with Crippen LogP contribution in [0.25, 0.3) is 0 Å². The highest BCUT2D eigenvalue weighted by Crippen LogP contribution is 2.61. The van der Waals surface area contributed by atoms with Crippen LogP contribution in [0.5, 0.6) is 0 Å². The van der Waals surface area contributed by atoms with E-state index in [0.29, 0.717) is 0 Å². The molecule has 0 aliphatic carbocycles. The van der Waals surface area contributed by atoms with Crippen LogP contribution >= 0.6 is 17.0 Å². The van der Waals surface area contributed by atoms with Crippen molar-refractivity contribution in [2.75, 3.05) is 12.8 Å². The molecule has 1 aliphatic heterocycles. The maximum atomic E-state index is 9.66. The van der Waals surface area contributed by atoms with Gasteiger partial charge in [-0.1, -0.05) is 17.3 Å². The fourth-order valence-electron chi connectivity index (χ4n) is 0.928. The van der Waals surface area contributed by atoms with Crippen molar-refractivity contribution in [2.24, 2.45) is 0 Å². The minimum absolute atomic E-state index is 0.0343. The molecule has 0 spiro atoms. The summed E-state index contributed by atoms with van der Waals surface area (Å²) < 4.78 is 1.76. The van der Waals surface area contributed by atoms with Crippen LogP contribution in [0, 0.1) is 12.3 Å². The van der Waals surface area contributed by atoms with Gasteiger partial charge in [0.2, 0.25) is 0 Å². The summed E-state index contributed by atoms with van der Waals surface area (Å²) in [6.45, 7) is 0. The lowest BCUT2D eigenvalue weighted by Crippen LogP contribution is -2.30. The highest BCUT2D eigenvalue weighted by atomic mass is 32.9. The Hall–Kier alpha value is 0.480. The number of terminal acetylenes is 1. The minimum atomic E-state index is -2.31. The van der Waals surface area contributed by atoms with Crippen molar-refractivity contribution in [1.29, 1.82) is 0 Å². The summed E-state index contributed by atoms with van der Waals surface area (Å²) in [5, 5.41) is 0. The summed E-state index contributed by atoms with van der Waals surface area (Å²) in [4.78, 5) is 9.66. The molecule has 5 heteroatoms. The second-order valence-corrected chi connectivity index (χ2v) is 9.17. The van der Waals surface area contributed by atoms with Gasteiger partial charge in [-0.25, -0.2) is 4.67 Å². The lowest BCUT2D eigenvalue weighted by Gasteiger charge is -2.34.